The van der Waals surface area contributed by atoms with Crippen molar-refractivity contribution in [3.05, 3.63) is 35.8 Å². The molecule has 1 aliphatic heterocycles. The highest BCUT2D eigenvalue weighted by Gasteiger charge is 2.31. The van der Waals surface area contributed by atoms with Crippen molar-refractivity contribution in [2.45, 2.75) is 60.1 Å². The first-order chi connectivity index (χ1) is 14.9. The number of rotatable bonds is 6. The van der Waals surface area contributed by atoms with Gasteiger partial charge >= 0.3 is 0 Å². The third-order valence-corrected chi connectivity index (χ3v) is 5.64. The number of nitrogens with one attached hydrogen (secondary N) is 1. The number of carbonyl (C=O) groups excluding carboxylic acids is 1. The lowest BCUT2D eigenvalue weighted by Crippen LogP contribution is -2.46. The molecule has 0 radical (unpaired) electrons. The van der Waals surface area contributed by atoms with Crippen LogP contribution in [-0.2, 0) is 4.79 Å². The molecule has 33 heavy (non-hydrogen) atoms. The minimum absolute atomic E-state index is 0. The summed E-state index contributed by atoms with van der Waals surface area (Å²) in [6, 6.07) is 1.72. The molecule has 2 atom stereocenters. The minimum Gasteiger partial charge on any atom is -0.490 e. The Bertz CT molecular complexity index is 968. The zero-order chi connectivity index (χ0) is 22.1. The van der Waals surface area contributed by atoms with Gasteiger partial charge in [0.1, 0.15) is 17.5 Å². The third-order valence-electron chi connectivity index (χ3n) is 5.64. The van der Waals surface area contributed by atoms with Gasteiger partial charge in [0.25, 0.3) is 0 Å². The Kier molecular flexibility index (Phi) is 8.51. The number of nitrogens with zero attached hydrogens (tertiary/aromatic N) is 4. The average Bonchev–Trinajstić information content (AvgIpc) is 3.18. The highest BCUT2D eigenvalue weighted by Crippen LogP contribution is 2.33. The fraction of sp³-hybridized carbons (Fsp3) is 0.522. The third kappa shape index (κ3) is 5.31. The molecule has 10 heteroatoms. The Balaban J connectivity index is 0.00000193. The molecule has 1 saturated carbocycles. The normalized spacial score (nSPS) is 19.5. The summed E-state index contributed by atoms with van der Waals surface area (Å²) < 4.78 is 45.6. The van der Waals surface area contributed by atoms with Crippen LogP contribution in [-0.4, -0.2) is 47.7 Å². The summed E-state index contributed by atoms with van der Waals surface area (Å²) in [5, 5.41) is 3.29. The molecule has 1 aromatic carbocycles. The molecule has 0 spiro atoms. The molecule has 2 aliphatic rings. The number of hydrogen-bond donors (Lipinski definition) is 1. The van der Waals surface area contributed by atoms with Crippen molar-refractivity contribution in [2.24, 2.45) is 0 Å². The van der Waals surface area contributed by atoms with Crippen molar-refractivity contribution in [2.75, 3.05) is 34.8 Å². The molecular formula is C23H32F3N5O2. The Labute approximate surface area is 193 Å². The molecule has 0 bridgehead atoms. The molecule has 1 fully saturated rings. The second kappa shape index (κ2) is 10.7. The lowest BCUT2D eigenvalue weighted by molar-refractivity contribution is -0.117. The van der Waals surface area contributed by atoms with E-state index in [0.717, 1.165) is 18.6 Å². The summed E-state index contributed by atoms with van der Waals surface area (Å²) in [6.45, 7) is 5.35. The quantitative estimate of drug-likeness (QED) is 0.617. The van der Waals surface area contributed by atoms with Crippen molar-refractivity contribution in [3.63, 3.8) is 0 Å². The zero-order valence-corrected chi connectivity index (χ0v) is 17.4. The van der Waals surface area contributed by atoms with Crippen LogP contribution in [0.1, 0.15) is 48.0 Å². The topological polar surface area (TPSA) is 70.6 Å². The second-order valence-electron chi connectivity index (χ2n) is 7.65. The van der Waals surface area contributed by atoms with Crippen molar-refractivity contribution >= 4 is 23.4 Å². The highest BCUT2D eigenvalue weighted by molar-refractivity contribution is 6.02. The molecule has 0 unspecified atom stereocenters. The van der Waals surface area contributed by atoms with E-state index in [1.807, 2.05) is 18.7 Å². The van der Waals surface area contributed by atoms with Crippen LogP contribution in [0.25, 0.3) is 0 Å². The summed E-state index contributed by atoms with van der Waals surface area (Å²) in [6.07, 6.45) is 3.40. The van der Waals surface area contributed by atoms with Crippen LogP contribution >= 0.6 is 0 Å². The predicted molar refractivity (Wildman–Crippen MR) is 123 cm³/mol. The van der Waals surface area contributed by atoms with Crippen LogP contribution in [0.15, 0.2) is 18.3 Å². The van der Waals surface area contributed by atoms with Crippen molar-refractivity contribution in [1.29, 1.82) is 0 Å². The number of fused-ring (bicyclic) bond motifs is 1. The van der Waals surface area contributed by atoms with E-state index >= 15 is 0 Å². The van der Waals surface area contributed by atoms with Gasteiger partial charge in [-0.05, 0) is 26.7 Å². The van der Waals surface area contributed by atoms with Gasteiger partial charge in [0.2, 0.25) is 11.9 Å². The minimum atomic E-state index is -1.51. The predicted octanol–water partition coefficient (Wildman–Crippen LogP) is 4.77. The van der Waals surface area contributed by atoms with Crippen molar-refractivity contribution in [1.82, 2.24) is 9.97 Å². The molecule has 0 saturated heterocycles. The Morgan fingerprint density at radius 2 is 1.82 bits per heavy atom. The molecule has 4 rings (SSSR count). The van der Waals surface area contributed by atoms with Crippen LogP contribution in [0.2, 0.25) is 0 Å². The van der Waals surface area contributed by atoms with Crippen molar-refractivity contribution < 1.29 is 22.7 Å². The monoisotopic (exact) mass is 467 g/mol. The van der Waals surface area contributed by atoms with Gasteiger partial charge < -0.3 is 19.9 Å². The van der Waals surface area contributed by atoms with Gasteiger partial charge in [-0.15, -0.1) is 0 Å². The van der Waals surface area contributed by atoms with Crippen LogP contribution in [0.5, 0.6) is 5.75 Å². The number of benzene rings is 1. The van der Waals surface area contributed by atoms with Crippen molar-refractivity contribution in [3.8, 4) is 5.75 Å². The smallest absolute Gasteiger partial charge is 0.246 e. The average molecular weight is 468 g/mol. The number of amides is 1. The number of carbonyl (C=O) groups is 1. The fourth-order valence-corrected chi connectivity index (χ4v) is 4.08. The Morgan fingerprint density at radius 1 is 1.12 bits per heavy atom. The molecule has 1 N–H and O–H groups in total. The van der Waals surface area contributed by atoms with E-state index in [2.05, 4.69) is 15.3 Å². The van der Waals surface area contributed by atoms with E-state index in [0.29, 0.717) is 43.4 Å². The van der Waals surface area contributed by atoms with Crippen LogP contribution < -0.4 is 19.9 Å². The van der Waals surface area contributed by atoms with Gasteiger partial charge in [0.05, 0.1) is 12.7 Å². The number of ether oxygens (including phenoxy) is 1. The first-order valence-corrected chi connectivity index (χ1v) is 10.4. The van der Waals surface area contributed by atoms with E-state index < -0.39 is 17.5 Å². The molecule has 182 valence electrons. The lowest BCUT2D eigenvalue weighted by atomic mass is 10.2. The van der Waals surface area contributed by atoms with Gasteiger partial charge in [0, 0.05) is 37.7 Å². The molecule has 2 heterocycles. The van der Waals surface area contributed by atoms with Crippen LogP contribution in [0, 0.1) is 17.5 Å². The highest BCUT2D eigenvalue weighted by atomic mass is 19.2. The standard InChI is InChI=1S/C21H24F3N5O2.2CH4/c1-3-28-11-18(30)29(4-2)17-10-25-21(27-20(17)28)26-12-5-6-13(7-12)31-14-8-15(22)19(24)16(23)9-14;;/h8-10,12-13H,3-7,11H2,1-2H3,(H,25,26,27);2*1H4/t12-,13-;;/m0../s1. The van der Waals surface area contributed by atoms with Gasteiger partial charge in [-0.3, -0.25) is 4.79 Å². The maximum absolute atomic E-state index is 13.4. The van der Waals surface area contributed by atoms with E-state index in [1.54, 1.807) is 11.1 Å². The molecule has 2 aromatic rings. The summed E-state index contributed by atoms with van der Waals surface area (Å²) >= 11 is 0. The molecule has 1 aliphatic carbocycles. The fourth-order valence-electron chi connectivity index (χ4n) is 4.08. The first kappa shape index (κ1) is 26.2. The van der Waals surface area contributed by atoms with Gasteiger partial charge in [-0.25, -0.2) is 18.2 Å². The molecular weight excluding hydrogens is 435 g/mol. The summed E-state index contributed by atoms with van der Waals surface area (Å²) in [7, 11) is 0. The largest absolute Gasteiger partial charge is 0.490 e. The summed E-state index contributed by atoms with van der Waals surface area (Å²) in [4.78, 5) is 24.9. The van der Waals surface area contributed by atoms with E-state index in [9.17, 15) is 18.0 Å². The first-order valence-electron chi connectivity index (χ1n) is 10.4. The summed E-state index contributed by atoms with van der Waals surface area (Å²) in [5.41, 5.74) is 0.694. The zero-order valence-electron chi connectivity index (χ0n) is 17.4. The second-order valence-corrected chi connectivity index (χ2v) is 7.65. The molecule has 7 nitrogen and oxygen atoms in total. The Hall–Kier alpha value is -3.04. The number of aromatic nitrogens is 2. The van der Waals surface area contributed by atoms with E-state index in [-0.39, 0.29) is 45.2 Å². The molecule has 1 aromatic heterocycles. The van der Waals surface area contributed by atoms with Gasteiger partial charge in [-0.1, -0.05) is 14.9 Å². The maximum Gasteiger partial charge on any atom is 0.246 e. The van der Waals surface area contributed by atoms with Crippen LogP contribution in [0.4, 0.5) is 30.6 Å². The van der Waals surface area contributed by atoms with Gasteiger partial charge in [-0.2, -0.15) is 4.98 Å². The Morgan fingerprint density at radius 3 is 2.45 bits per heavy atom. The molecule has 1 amide bonds. The SMILES string of the molecule is C.C.CCN1CC(=O)N(CC)c2cnc(N[C@H]3CC[C@H](Oc4cc(F)c(F)c(F)c4)C3)nc21. The van der Waals surface area contributed by atoms with E-state index in [1.165, 1.54) is 0 Å². The summed E-state index contributed by atoms with van der Waals surface area (Å²) in [5.74, 6) is -2.90. The number of likely N-dealkylation sites (N-methyl/N-ethyl adjacent to an activating group) is 2. The number of halogens is 3. The van der Waals surface area contributed by atoms with Crippen LogP contribution in [0.3, 0.4) is 0 Å². The maximum atomic E-state index is 13.4. The van der Waals surface area contributed by atoms with E-state index in [4.69, 9.17) is 4.74 Å². The lowest BCUT2D eigenvalue weighted by Gasteiger charge is -2.35. The number of hydrogen-bond acceptors (Lipinski definition) is 6. The number of anilines is 3. The van der Waals surface area contributed by atoms with Gasteiger partial charge in [0.15, 0.2) is 23.3 Å².